The van der Waals surface area contributed by atoms with Crippen LogP contribution in [0.25, 0.3) is 0 Å². The van der Waals surface area contributed by atoms with Gasteiger partial charge in [-0.3, -0.25) is 0 Å². The van der Waals surface area contributed by atoms with Crippen molar-refractivity contribution in [3.63, 3.8) is 0 Å². The van der Waals surface area contributed by atoms with E-state index in [0.29, 0.717) is 31.1 Å². The zero-order valence-corrected chi connectivity index (χ0v) is 11.7. The first kappa shape index (κ1) is 13.7. The van der Waals surface area contributed by atoms with Gasteiger partial charge in [-0.05, 0) is 36.5 Å². The molecule has 0 radical (unpaired) electrons. The summed E-state index contributed by atoms with van der Waals surface area (Å²) >= 11 is 0. The van der Waals surface area contributed by atoms with E-state index in [2.05, 4.69) is 36.3 Å². The number of hydrogen-bond acceptors (Lipinski definition) is 2. The highest BCUT2D eigenvalue weighted by molar-refractivity contribution is 5.78. The van der Waals surface area contributed by atoms with Gasteiger partial charge < -0.3 is 15.8 Å². The van der Waals surface area contributed by atoms with Crippen LogP contribution in [0.1, 0.15) is 38.2 Å². The van der Waals surface area contributed by atoms with E-state index in [0.717, 1.165) is 5.75 Å². The highest BCUT2D eigenvalue weighted by Gasteiger charge is 2.21. The lowest BCUT2D eigenvalue weighted by molar-refractivity contribution is 0.328. The highest BCUT2D eigenvalue weighted by Crippen LogP contribution is 2.19. The second kappa shape index (κ2) is 6.45. The third-order valence-corrected chi connectivity index (χ3v) is 3.12. The molecule has 1 fully saturated rings. The summed E-state index contributed by atoms with van der Waals surface area (Å²) in [4.78, 5) is 4.22. The minimum Gasteiger partial charge on any atom is -0.492 e. The Bertz CT molecular complexity index is 422. The second-order valence-electron chi connectivity index (χ2n) is 5.26. The Kier molecular flexibility index (Phi) is 4.66. The molecule has 0 bridgehead atoms. The first-order chi connectivity index (χ1) is 9.15. The van der Waals surface area contributed by atoms with Crippen molar-refractivity contribution in [1.29, 1.82) is 0 Å². The summed E-state index contributed by atoms with van der Waals surface area (Å²) in [6.07, 6.45) is 2.41. The average molecular weight is 261 g/mol. The van der Waals surface area contributed by atoms with E-state index in [1.807, 2.05) is 12.1 Å². The maximum Gasteiger partial charge on any atom is 0.188 e. The van der Waals surface area contributed by atoms with Crippen molar-refractivity contribution in [2.24, 2.45) is 10.7 Å². The lowest BCUT2D eigenvalue weighted by Gasteiger charge is -2.08. The zero-order valence-electron chi connectivity index (χ0n) is 11.7. The molecule has 3 N–H and O–H groups in total. The summed E-state index contributed by atoms with van der Waals surface area (Å²) in [5.74, 6) is 1.96. The molecule has 0 unspecified atom stereocenters. The molecule has 4 heteroatoms. The number of rotatable bonds is 6. The molecule has 0 aromatic heterocycles. The predicted octanol–water partition coefficient (Wildman–Crippen LogP) is 2.26. The van der Waals surface area contributed by atoms with Crippen molar-refractivity contribution in [2.45, 2.75) is 38.6 Å². The summed E-state index contributed by atoms with van der Waals surface area (Å²) < 4.78 is 5.62. The molecule has 1 aliphatic carbocycles. The normalized spacial score (nSPS) is 15.6. The fourth-order valence-electron chi connectivity index (χ4n) is 1.76. The molecule has 0 saturated heterocycles. The molecule has 0 spiro atoms. The van der Waals surface area contributed by atoms with Crippen LogP contribution in [0.15, 0.2) is 29.3 Å². The van der Waals surface area contributed by atoms with Crippen molar-refractivity contribution in [2.75, 3.05) is 13.2 Å². The Morgan fingerprint density at radius 1 is 1.37 bits per heavy atom. The molecule has 1 aromatic carbocycles. The number of nitrogens with zero attached hydrogens (tertiary/aromatic N) is 1. The zero-order chi connectivity index (χ0) is 13.7. The fourth-order valence-corrected chi connectivity index (χ4v) is 1.76. The third kappa shape index (κ3) is 4.81. The molecule has 1 saturated carbocycles. The number of benzene rings is 1. The number of aliphatic imine (C=N–C) groups is 1. The van der Waals surface area contributed by atoms with E-state index in [9.17, 15) is 0 Å². The number of nitrogens with two attached hydrogens (primary N) is 1. The molecule has 19 heavy (non-hydrogen) atoms. The highest BCUT2D eigenvalue weighted by atomic mass is 16.5. The Balaban J connectivity index is 1.69. The molecule has 2 rings (SSSR count). The van der Waals surface area contributed by atoms with Crippen LogP contribution in [0.4, 0.5) is 0 Å². The van der Waals surface area contributed by atoms with E-state index in [-0.39, 0.29) is 0 Å². The fraction of sp³-hybridized carbons (Fsp3) is 0.533. The van der Waals surface area contributed by atoms with Crippen LogP contribution < -0.4 is 15.8 Å². The van der Waals surface area contributed by atoms with Crippen LogP contribution in [-0.4, -0.2) is 25.2 Å². The van der Waals surface area contributed by atoms with Gasteiger partial charge in [0.2, 0.25) is 0 Å². The predicted molar refractivity (Wildman–Crippen MR) is 78.7 cm³/mol. The van der Waals surface area contributed by atoms with Gasteiger partial charge in [-0.2, -0.15) is 0 Å². The van der Waals surface area contributed by atoms with E-state index < -0.39 is 0 Å². The molecule has 0 heterocycles. The van der Waals surface area contributed by atoms with Gasteiger partial charge in [0.25, 0.3) is 0 Å². The van der Waals surface area contributed by atoms with Crippen LogP contribution in [0.5, 0.6) is 5.75 Å². The Labute approximate surface area is 115 Å². The molecular weight excluding hydrogens is 238 g/mol. The molecule has 1 aliphatic rings. The maximum absolute atomic E-state index is 5.73. The maximum atomic E-state index is 5.73. The number of hydrogen-bond donors (Lipinski definition) is 2. The number of guanidine groups is 1. The molecule has 104 valence electrons. The van der Waals surface area contributed by atoms with Gasteiger partial charge >= 0.3 is 0 Å². The van der Waals surface area contributed by atoms with Crippen LogP contribution >= 0.6 is 0 Å². The van der Waals surface area contributed by atoms with Gasteiger partial charge in [-0.25, -0.2) is 4.99 Å². The first-order valence-corrected chi connectivity index (χ1v) is 6.94. The standard InChI is InChI=1S/C15H23N3O/c1-11(2)12-3-7-14(8-4-12)19-10-9-17-15(16)18-13-5-6-13/h3-4,7-8,11,13H,5-6,9-10H2,1-2H3,(H3,16,17,18). The van der Waals surface area contributed by atoms with Crippen LogP contribution in [-0.2, 0) is 0 Å². The molecule has 0 amide bonds. The monoisotopic (exact) mass is 261 g/mol. The molecular formula is C15H23N3O. The van der Waals surface area contributed by atoms with E-state index >= 15 is 0 Å². The van der Waals surface area contributed by atoms with Crippen molar-refractivity contribution in [3.8, 4) is 5.75 Å². The van der Waals surface area contributed by atoms with Gasteiger partial charge in [0.05, 0.1) is 6.54 Å². The smallest absolute Gasteiger partial charge is 0.188 e. The molecule has 1 aromatic rings. The van der Waals surface area contributed by atoms with Gasteiger partial charge in [0.1, 0.15) is 12.4 Å². The summed E-state index contributed by atoms with van der Waals surface area (Å²) in [6.45, 7) is 5.49. The lowest BCUT2D eigenvalue weighted by Crippen LogP contribution is -2.33. The number of nitrogens with one attached hydrogen (secondary N) is 1. The van der Waals surface area contributed by atoms with E-state index in [1.165, 1.54) is 18.4 Å². The largest absolute Gasteiger partial charge is 0.492 e. The topological polar surface area (TPSA) is 59.6 Å². The van der Waals surface area contributed by atoms with Crippen LogP contribution in [0, 0.1) is 0 Å². The minimum absolute atomic E-state index is 0.529. The van der Waals surface area contributed by atoms with Gasteiger partial charge in [0.15, 0.2) is 5.96 Å². The minimum atomic E-state index is 0.529. The van der Waals surface area contributed by atoms with Gasteiger partial charge in [0, 0.05) is 6.04 Å². The molecule has 0 aliphatic heterocycles. The van der Waals surface area contributed by atoms with Crippen molar-refractivity contribution >= 4 is 5.96 Å². The van der Waals surface area contributed by atoms with Crippen molar-refractivity contribution < 1.29 is 4.74 Å². The van der Waals surface area contributed by atoms with Gasteiger partial charge in [-0.1, -0.05) is 26.0 Å². The Morgan fingerprint density at radius 2 is 2.05 bits per heavy atom. The Morgan fingerprint density at radius 3 is 2.63 bits per heavy atom. The van der Waals surface area contributed by atoms with E-state index in [4.69, 9.17) is 10.5 Å². The van der Waals surface area contributed by atoms with Crippen LogP contribution in [0.2, 0.25) is 0 Å². The van der Waals surface area contributed by atoms with Crippen molar-refractivity contribution in [1.82, 2.24) is 5.32 Å². The van der Waals surface area contributed by atoms with Gasteiger partial charge in [-0.15, -0.1) is 0 Å². The second-order valence-corrected chi connectivity index (χ2v) is 5.26. The average Bonchev–Trinajstić information content (AvgIpc) is 3.19. The summed E-state index contributed by atoms with van der Waals surface area (Å²) in [5, 5.41) is 3.14. The molecule has 4 nitrogen and oxygen atoms in total. The SMILES string of the molecule is CC(C)c1ccc(OCCN=C(N)NC2CC2)cc1. The summed E-state index contributed by atoms with van der Waals surface area (Å²) in [7, 11) is 0. The molecule has 0 atom stereocenters. The summed E-state index contributed by atoms with van der Waals surface area (Å²) in [6, 6.07) is 8.77. The lowest BCUT2D eigenvalue weighted by atomic mass is 10.0. The van der Waals surface area contributed by atoms with E-state index in [1.54, 1.807) is 0 Å². The van der Waals surface area contributed by atoms with Crippen molar-refractivity contribution in [3.05, 3.63) is 29.8 Å². The number of ether oxygens (including phenoxy) is 1. The summed E-state index contributed by atoms with van der Waals surface area (Å²) in [5.41, 5.74) is 7.05. The third-order valence-electron chi connectivity index (χ3n) is 3.12. The quantitative estimate of drug-likeness (QED) is 0.469. The van der Waals surface area contributed by atoms with Crippen LogP contribution in [0.3, 0.4) is 0 Å². The Hall–Kier alpha value is -1.71. The first-order valence-electron chi connectivity index (χ1n) is 6.94.